The summed E-state index contributed by atoms with van der Waals surface area (Å²) in [5.41, 5.74) is 5.81. The molecule has 88 valence electrons. The van der Waals surface area contributed by atoms with Crippen molar-refractivity contribution in [2.45, 2.75) is 50.7 Å². The largest absolute Gasteiger partial charge is 0.508 e. The number of hydrogen-bond acceptors (Lipinski definition) is 3. The van der Waals surface area contributed by atoms with Crippen molar-refractivity contribution in [1.29, 1.82) is 0 Å². The van der Waals surface area contributed by atoms with Crippen LogP contribution in [0.25, 0.3) is 0 Å². The predicted molar refractivity (Wildman–Crippen MR) is 59.9 cm³/mol. The van der Waals surface area contributed by atoms with Crippen LogP contribution in [0.1, 0.15) is 38.5 Å². The van der Waals surface area contributed by atoms with Gasteiger partial charge in [-0.25, -0.2) is 0 Å². The van der Waals surface area contributed by atoms with E-state index in [4.69, 9.17) is 10.6 Å². The van der Waals surface area contributed by atoms with Gasteiger partial charge in [0.05, 0.1) is 0 Å². The van der Waals surface area contributed by atoms with Crippen LogP contribution in [0.2, 0.25) is 0 Å². The van der Waals surface area contributed by atoms with Crippen molar-refractivity contribution in [1.82, 2.24) is 0 Å². The van der Waals surface area contributed by atoms with Crippen LogP contribution in [-0.4, -0.2) is 28.3 Å². The van der Waals surface area contributed by atoms with Crippen molar-refractivity contribution < 1.29 is 14.6 Å². The second-order valence-corrected chi connectivity index (χ2v) is 5.58. The molecule has 0 radical (unpaired) electrons. The van der Waals surface area contributed by atoms with Gasteiger partial charge in [-0.15, -0.1) is 0 Å². The van der Waals surface area contributed by atoms with Gasteiger partial charge in [-0.2, -0.15) is 4.89 Å². The maximum Gasteiger partial charge on any atom is 0.508 e. The van der Waals surface area contributed by atoms with E-state index in [0.29, 0.717) is 5.92 Å². The van der Waals surface area contributed by atoms with Gasteiger partial charge in [-0.1, -0.05) is 32.1 Å². The first-order valence-corrected chi connectivity index (χ1v) is 7.06. The number of aliphatic hydroxyl groups is 1. The molecule has 0 bridgehead atoms. The Bertz CT molecular complexity index is 207. The van der Waals surface area contributed by atoms with Gasteiger partial charge in [-0.3, -0.25) is 0 Å². The molecule has 1 saturated carbocycles. The second kappa shape index (κ2) is 6.54. The number of hydrogen-bond donors (Lipinski definition) is 3. The summed E-state index contributed by atoms with van der Waals surface area (Å²) in [6.07, 6.45) is 6.03. The summed E-state index contributed by atoms with van der Waals surface area (Å²) in [6, 6.07) is -0.348. The molecule has 15 heavy (non-hydrogen) atoms. The molecular formula is C10H21NO3P+. The van der Waals surface area contributed by atoms with Gasteiger partial charge in [-0.05, 0) is 16.9 Å². The lowest BCUT2D eigenvalue weighted by molar-refractivity contribution is 0.144. The zero-order chi connectivity index (χ0) is 11.3. The average molecular weight is 234 g/mol. The molecule has 0 aromatic carbocycles. The summed E-state index contributed by atoms with van der Waals surface area (Å²) in [5, 5.41) is 9.55. The van der Waals surface area contributed by atoms with Crippen molar-refractivity contribution in [3.8, 4) is 0 Å². The number of rotatable bonds is 5. The first-order valence-electron chi connectivity index (χ1n) is 5.66. The first-order chi connectivity index (χ1) is 7.09. The molecule has 0 aromatic heterocycles. The topological polar surface area (TPSA) is 83.5 Å². The fraction of sp³-hybridized carbons (Fsp3) is 1.00. The van der Waals surface area contributed by atoms with Crippen molar-refractivity contribution in [3.05, 3.63) is 0 Å². The standard InChI is InChI=1S/C10H20NO3P/c11-9(10(12)7-15(13)14)6-8-4-2-1-3-5-8/h8-10,12H,1-7,11H2/p+1/t9-,10?/m0/s1. The smallest absolute Gasteiger partial charge is 0.387 e. The zero-order valence-corrected chi connectivity index (χ0v) is 9.90. The third-order valence-corrected chi connectivity index (χ3v) is 3.85. The SMILES string of the molecule is N[C@@H](CC1CCCCC1)C(O)C[P+](=O)O. The predicted octanol–water partition coefficient (Wildman–Crippen LogP) is 1.38. The minimum Gasteiger partial charge on any atom is -0.387 e. The Hall–Kier alpha value is -0.0200. The molecule has 4 N–H and O–H groups in total. The molecule has 2 unspecified atom stereocenters. The molecule has 5 heteroatoms. The minimum absolute atomic E-state index is 0.0940. The summed E-state index contributed by atoms with van der Waals surface area (Å²) >= 11 is 0. The average Bonchev–Trinajstić information content (AvgIpc) is 2.18. The van der Waals surface area contributed by atoms with E-state index in [1.54, 1.807) is 0 Å². The van der Waals surface area contributed by atoms with E-state index < -0.39 is 14.1 Å². The summed E-state index contributed by atoms with van der Waals surface area (Å²) in [4.78, 5) is 8.67. The van der Waals surface area contributed by atoms with Crippen LogP contribution < -0.4 is 5.73 Å². The maximum atomic E-state index is 10.5. The molecular weight excluding hydrogens is 213 g/mol. The van der Waals surface area contributed by atoms with E-state index in [1.807, 2.05) is 0 Å². The van der Waals surface area contributed by atoms with Gasteiger partial charge in [0.25, 0.3) is 0 Å². The number of nitrogens with two attached hydrogens (primary N) is 1. The normalized spacial score (nSPS) is 23.5. The van der Waals surface area contributed by atoms with Gasteiger partial charge in [0, 0.05) is 6.04 Å². The van der Waals surface area contributed by atoms with Crippen LogP contribution in [0.5, 0.6) is 0 Å². The van der Waals surface area contributed by atoms with Gasteiger partial charge in [0.15, 0.2) is 0 Å². The molecule has 1 fully saturated rings. The highest BCUT2D eigenvalue weighted by Crippen LogP contribution is 2.28. The molecule has 0 amide bonds. The van der Waals surface area contributed by atoms with Gasteiger partial charge < -0.3 is 10.8 Å². The lowest BCUT2D eigenvalue weighted by atomic mass is 9.84. The highest BCUT2D eigenvalue weighted by atomic mass is 31.1. The van der Waals surface area contributed by atoms with Crippen LogP contribution in [0.15, 0.2) is 0 Å². The highest BCUT2D eigenvalue weighted by molar-refractivity contribution is 7.38. The fourth-order valence-electron chi connectivity index (χ4n) is 2.26. The van der Waals surface area contributed by atoms with E-state index in [1.165, 1.54) is 32.1 Å². The molecule has 0 aliphatic heterocycles. The Balaban J connectivity index is 2.26. The van der Waals surface area contributed by atoms with E-state index in [2.05, 4.69) is 0 Å². The molecule has 0 saturated heterocycles. The van der Waals surface area contributed by atoms with Crippen molar-refractivity contribution in [3.63, 3.8) is 0 Å². The fourth-order valence-corrected chi connectivity index (χ4v) is 2.85. The molecule has 1 aliphatic carbocycles. The van der Waals surface area contributed by atoms with Crippen LogP contribution in [-0.2, 0) is 4.57 Å². The third kappa shape index (κ3) is 5.03. The van der Waals surface area contributed by atoms with E-state index in [9.17, 15) is 9.67 Å². The maximum absolute atomic E-state index is 10.5. The van der Waals surface area contributed by atoms with Crippen LogP contribution in [0.3, 0.4) is 0 Å². The molecule has 0 spiro atoms. The van der Waals surface area contributed by atoms with Gasteiger partial charge in [0.1, 0.15) is 6.10 Å². The Morgan fingerprint density at radius 1 is 1.33 bits per heavy atom. The molecule has 0 heterocycles. The zero-order valence-electron chi connectivity index (χ0n) is 9.01. The quantitative estimate of drug-likeness (QED) is 0.627. The first kappa shape index (κ1) is 13.0. The van der Waals surface area contributed by atoms with Gasteiger partial charge >= 0.3 is 8.03 Å². The second-order valence-electron chi connectivity index (χ2n) is 4.51. The highest BCUT2D eigenvalue weighted by Gasteiger charge is 2.27. The van der Waals surface area contributed by atoms with Crippen molar-refractivity contribution >= 4 is 8.03 Å². The Kier molecular flexibility index (Phi) is 5.69. The Morgan fingerprint density at radius 3 is 2.47 bits per heavy atom. The van der Waals surface area contributed by atoms with E-state index >= 15 is 0 Å². The Morgan fingerprint density at radius 2 is 1.93 bits per heavy atom. The Labute approximate surface area is 91.7 Å². The summed E-state index contributed by atoms with van der Waals surface area (Å²) in [6.45, 7) is 0. The molecule has 0 aromatic rings. The third-order valence-electron chi connectivity index (χ3n) is 3.17. The van der Waals surface area contributed by atoms with Crippen LogP contribution in [0, 0.1) is 5.92 Å². The molecule has 4 nitrogen and oxygen atoms in total. The minimum atomic E-state index is -2.28. The van der Waals surface area contributed by atoms with E-state index in [-0.39, 0.29) is 12.2 Å². The van der Waals surface area contributed by atoms with E-state index in [0.717, 1.165) is 6.42 Å². The summed E-state index contributed by atoms with van der Waals surface area (Å²) in [5.74, 6) is 0.597. The molecule has 1 rings (SSSR count). The molecule has 1 aliphatic rings. The van der Waals surface area contributed by atoms with Crippen molar-refractivity contribution in [2.24, 2.45) is 11.7 Å². The lowest BCUT2D eigenvalue weighted by Crippen LogP contribution is -2.38. The van der Waals surface area contributed by atoms with Gasteiger partial charge in [0.2, 0.25) is 6.16 Å². The van der Waals surface area contributed by atoms with Crippen molar-refractivity contribution in [2.75, 3.05) is 6.16 Å². The summed E-state index contributed by atoms with van der Waals surface area (Å²) < 4.78 is 10.5. The van der Waals surface area contributed by atoms with Crippen LogP contribution in [0.4, 0.5) is 0 Å². The molecule has 3 atom stereocenters. The summed E-state index contributed by atoms with van der Waals surface area (Å²) in [7, 11) is -2.28. The monoisotopic (exact) mass is 234 g/mol. The number of aliphatic hydroxyl groups excluding tert-OH is 1. The van der Waals surface area contributed by atoms with Crippen LogP contribution >= 0.6 is 8.03 Å². The lowest BCUT2D eigenvalue weighted by Gasteiger charge is -2.25.